The van der Waals surface area contributed by atoms with E-state index in [4.69, 9.17) is 0 Å². The number of nitrogens with one attached hydrogen (secondary N) is 3. The van der Waals surface area contributed by atoms with Crippen LogP contribution in [0.2, 0.25) is 0 Å². The van der Waals surface area contributed by atoms with Crippen LogP contribution in [0.1, 0.15) is 18.3 Å². The highest BCUT2D eigenvalue weighted by atomic mass is 16.2. The van der Waals surface area contributed by atoms with Crippen molar-refractivity contribution < 1.29 is 9.59 Å². The van der Waals surface area contributed by atoms with Crippen LogP contribution in [0.3, 0.4) is 0 Å². The van der Waals surface area contributed by atoms with Gasteiger partial charge in [0, 0.05) is 50.5 Å². The molecule has 0 bridgehead atoms. The number of fused-ring (bicyclic) bond motifs is 2. The number of rotatable bonds is 7. The van der Waals surface area contributed by atoms with Crippen LogP contribution in [0.15, 0.2) is 54.7 Å². The fraction of sp³-hybridized carbons (Fsp3) is 0.261. The van der Waals surface area contributed by atoms with Gasteiger partial charge >= 0.3 is 0 Å². The summed E-state index contributed by atoms with van der Waals surface area (Å²) in [5.74, 6) is 0.476. The van der Waals surface area contributed by atoms with E-state index < -0.39 is 6.04 Å². The molecule has 0 aliphatic rings. The summed E-state index contributed by atoms with van der Waals surface area (Å²) < 4.78 is 2.04. The first-order valence-corrected chi connectivity index (χ1v) is 10.0. The number of aromatic amines is 1. The van der Waals surface area contributed by atoms with Crippen LogP contribution in [-0.4, -0.2) is 38.9 Å². The predicted molar refractivity (Wildman–Crippen MR) is 117 cm³/mol. The molecule has 4 rings (SSSR count). The second kappa shape index (κ2) is 8.41. The molecule has 0 saturated heterocycles. The van der Waals surface area contributed by atoms with E-state index in [0.717, 1.165) is 33.3 Å². The Labute approximate surface area is 174 Å². The van der Waals surface area contributed by atoms with Crippen LogP contribution in [0.5, 0.6) is 0 Å². The quantitative estimate of drug-likeness (QED) is 0.443. The molecule has 30 heavy (non-hydrogen) atoms. The molecule has 0 aliphatic heterocycles. The summed E-state index contributed by atoms with van der Waals surface area (Å²) in [7, 11) is 1.98. The standard InChI is InChI=1S/C23H25N5O2/c1-15(29)26-20(13-16-14-25-18-8-4-3-7-17(16)18)23(30)24-12-11-22-27-19-9-5-6-10-21(19)28(22)2/h3-10,14,20,25H,11-13H2,1-2H3,(H,24,30)(H,26,29). The molecule has 154 valence electrons. The fourth-order valence-corrected chi connectivity index (χ4v) is 3.81. The molecule has 2 amide bonds. The predicted octanol–water partition coefficient (Wildman–Crippen LogP) is 2.46. The number of hydrogen-bond donors (Lipinski definition) is 3. The second-order valence-corrected chi connectivity index (χ2v) is 7.43. The van der Waals surface area contributed by atoms with Crippen molar-refractivity contribution in [1.82, 2.24) is 25.2 Å². The summed E-state index contributed by atoms with van der Waals surface area (Å²) in [5, 5.41) is 6.79. The number of imidazole rings is 1. The van der Waals surface area contributed by atoms with E-state index in [9.17, 15) is 9.59 Å². The Kier molecular flexibility index (Phi) is 5.52. The van der Waals surface area contributed by atoms with Crippen molar-refractivity contribution in [3.8, 4) is 0 Å². The molecule has 0 spiro atoms. The van der Waals surface area contributed by atoms with Gasteiger partial charge in [0.2, 0.25) is 11.8 Å². The summed E-state index contributed by atoms with van der Waals surface area (Å²) in [6, 6.07) is 15.2. The van der Waals surface area contributed by atoms with Gasteiger partial charge in [-0.3, -0.25) is 9.59 Å². The lowest BCUT2D eigenvalue weighted by Gasteiger charge is -2.17. The first-order chi connectivity index (χ1) is 14.5. The van der Waals surface area contributed by atoms with Crippen LogP contribution in [0.25, 0.3) is 21.9 Å². The van der Waals surface area contributed by atoms with E-state index >= 15 is 0 Å². The Bertz CT molecular complexity index is 1210. The van der Waals surface area contributed by atoms with Gasteiger partial charge in [-0.15, -0.1) is 0 Å². The Morgan fingerprint density at radius 1 is 1.13 bits per heavy atom. The van der Waals surface area contributed by atoms with Gasteiger partial charge in [-0.05, 0) is 23.8 Å². The number of para-hydroxylation sites is 3. The fourth-order valence-electron chi connectivity index (χ4n) is 3.81. The average molecular weight is 403 g/mol. The lowest BCUT2D eigenvalue weighted by Crippen LogP contribution is -2.47. The van der Waals surface area contributed by atoms with E-state index in [-0.39, 0.29) is 11.8 Å². The number of carbonyl (C=O) groups is 2. The number of aromatic nitrogens is 3. The smallest absolute Gasteiger partial charge is 0.242 e. The number of carbonyl (C=O) groups excluding carboxylic acids is 2. The molecular weight excluding hydrogens is 378 g/mol. The van der Waals surface area contributed by atoms with Gasteiger partial charge in [0.05, 0.1) is 11.0 Å². The lowest BCUT2D eigenvalue weighted by molar-refractivity contribution is -0.128. The zero-order valence-electron chi connectivity index (χ0n) is 17.1. The largest absolute Gasteiger partial charge is 0.361 e. The summed E-state index contributed by atoms with van der Waals surface area (Å²) >= 11 is 0. The maximum atomic E-state index is 12.8. The van der Waals surface area contributed by atoms with Crippen LogP contribution < -0.4 is 10.6 Å². The maximum Gasteiger partial charge on any atom is 0.242 e. The summed E-state index contributed by atoms with van der Waals surface area (Å²) in [5.41, 5.74) is 4.01. The SMILES string of the molecule is CC(=O)NC(Cc1c[nH]c2ccccc12)C(=O)NCCc1nc2ccccc2n1C. The maximum absolute atomic E-state index is 12.8. The van der Waals surface area contributed by atoms with Gasteiger partial charge in [0.1, 0.15) is 11.9 Å². The number of aryl methyl sites for hydroxylation is 1. The van der Waals surface area contributed by atoms with Gasteiger partial charge in [0.15, 0.2) is 0 Å². The van der Waals surface area contributed by atoms with E-state index in [0.29, 0.717) is 19.4 Å². The molecule has 1 unspecified atom stereocenters. The van der Waals surface area contributed by atoms with Crippen molar-refractivity contribution >= 4 is 33.8 Å². The van der Waals surface area contributed by atoms with Crippen molar-refractivity contribution in [2.75, 3.05) is 6.54 Å². The van der Waals surface area contributed by atoms with E-state index in [1.54, 1.807) is 0 Å². The number of amides is 2. The number of benzene rings is 2. The average Bonchev–Trinajstić information content (AvgIpc) is 3.29. The van der Waals surface area contributed by atoms with Crippen molar-refractivity contribution in [2.24, 2.45) is 7.05 Å². The van der Waals surface area contributed by atoms with Crippen molar-refractivity contribution in [3.05, 3.63) is 66.1 Å². The molecule has 0 saturated carbocycles. The Balaban J connectivity index is 1.43. The van der Waals surface area contributed by atoms with E-state index in [1.807, 2.05) is 66.3 Å². The molecule has 7 nitrogen and oxygen atoms in total. The topological polar surface area (TPSA) is 91.8 Å². The Hall–Kier alpha value is -3.61. The van der Waals surface area contributed by atoms with Gasteiger partial charge in [-0.1, -0.05) is 30.3 Å². The van der Waals surface area contributed by atoms with Crippen molar-refractivity contribution in [3.63, 3.8) is 0 Å². The van der Waals surface area contributed by atoms with Gasteiger partial charge in [-0.25, -0.2) is 4.98 Å². The minimum Gasteiger partial charge on any atom is -0.361 e. The third-order valence-corrected chi connectivity index (χ3v) is 5.32. The highest BCUT2D eigenvalue weighted by Gasteiger charge is 2.21. The van der Waals surface area contributed by atoms with Crippen LogP contribution in [0, 0.1) is 0 Å². The molecule has 3 N–H and O–H groups in total. The third kappa shape index (κ3) is 4.05. The molecular formula is C23H25N5O2. The van der Waals surface area contributed by atoms with E-state index in [2.05, 4.69) is 20.6 Å². The monoisotopic (exact) mass is 403 g/mol. The van der Waals surface area contributed by atoms with E-state index in [1.165, 1.54) is 6.92 Å². The number of nitrogens with zero attached hydrogens (tertiary/aromatic N) is 2. The molecule has 2 aromatic heterocycles. The first-order valence-electron chi connectivity index (χ1n) is 10.0. The third-order valence-electron chi connectivity index (χ3n) is 5.32. The number of H-pyrrole nitrogens is 1. The van der Waals surface area contributed by atoms with Gasteiger partial charge in [-0.2, -0.15) is 0 Å². The van der Waals surface area contributed by atoms with Crippen LogP contribution in [0.4, 0.5) is 0 Å². The van der Waals surface area contributed by atoms with Crippen LogP contribution >= 0.6 is 0 Å². The molecule has 7 heteroatoms. The normalized spacial score (nSPS) is 12.2. The molecule has 1 atom stereocenters. The Morgan fingerprint density at radius 2 is 1.90 bits per heavy atom. The highest BCUT2D eigenvalue weighted by Crippen LogP contribution is 2.19. The Morgan fingerprint density at radius 3 is 2.70 bits per heavy atom. The van der Waals surface area contributed by atoms with Crippen LogP contribution in [-0.2, 0) is 29.5 Å². The minimum atomic E-state index is -0.637. The van der Waals surface area contributed by atoms with Gasteiger partial charge in [0.25, 0.3) is 0 Å². The van der Waals surface area contributed by atoms with Crippen molar-refractivity contribution in [1.29, 1.82) is 0 Å². The molecule has 0 fully saturated rings. The molecule has 2 heterocycles. The highest BCUT2D eigenvalue weighted by molar-refractivity contribution is 5.89. The number of hydrogen-bond acceptors (Lipinski definition) is 3. The lowest BCUT2D eigenvalue weighted by atomic mass is 10.0. The summed E-state index contributed by atoms with van der Waals surface area (Å²) in [4.78, 5) is 32.4. The zero-order chi connectivity index (χ0) is 21.1. The second-order valence-electron chi connectivity index (χ2n) is 7.43. The molecule has 0 aliphatic carbocycles. The minimum absolute atomic E-state index is 0.200. The molecule has 2 aromatic carbocycles. The van der Waals surface area contributed by atoms with Crippen molar-refractivity contribution in [2.45, 2.75) is 25.8 Å². The summed E-state index contributed by atoms with van der Waals surface area (Å²) in [6.07, 6.45) is 2.92. The van der Waals surface area contributed by atoms with Gasteiger partial charge < -0.3 is 20.2 Å². The summed E-state index contributed by atoms with van der Waals surface area (Å²) in [6.45, 7) is 1.87. The first kappa shape index (κ1) is 19.7. The molecule has 0 radical (unpaired) electrons. The zero-order valence-corrected chi connectivity index (χ0v) is 17.1. The molecule has 4 aromatic rings.